The smallest absolute Gasteiger partial charge is 0.497 e. The second-order valence-corrected chi connectivity index (χ2v) is 8.04. The predicted octanol–water partition coefficient (Wildman–Crippen LogP) is 6.84. The molecule has 4 heteroatoms. The largest absolute Gasteiger partial charge is 0.509 e. The van der Waals surface area contributed by atoms with E-state index in [2.05, 4.69) is 19.1 Å². The summed E-state index contributed by atoms with van der Waals surface area (Å²) in [4.78, 5) is 12.5. The minimum absolute atomic E-state index is 0.416. The lowest BCUT2D eigenvalue weighted by Gasteiger charge is -2.37. The van der Waals surface area contributed by atoms with E-state index in [0.717, 1.165) is 43.4 Å². The summed E-state index contributed by atoms with van der Waals surface area (Å²) in [5, 5.41) is 0. The van der Waals surface area contributed by atoms with Crippen molar-refractivity contribution in [2.75, 3.05) is 13.7 Å². The van der Waals surface area contributed by atoms with Gasteiger partial charge in [0.1, 0.15) is 11.4 Å². The Hall–Kier alpha value is -2.23. The van der Waals surface area contributed by atoms with Crippen LogP contribution in [-0.4, -0.2) is 19.9 Å². The van der Waals surface area contributed by atoms with Crippen LogP contribution in [0.3, 0.4) is 0 Å². The van der Waals surface area contributed by atoms with Gasteiger partial charge in [0.05, 0.1) is 13.7 Å². The van der Waals surface area contributed by atoms with Gasteiger partial charge in [-0.2, -0.15) is 0 Å². The summed E-state index contributed by atoms with van der Waals surface area (Å²) in [5.41, 5.74) is 3.24. The molecule has 1 aromatic rings. The van der Waals surface area contributed by atoms with Gasteiger partial charge in [-0.3, -0.25) is 0 Å². The summed E-state index contributed by atoms with van der Waals surface area (Å²) in [6.07, 6.45) is 14.4. The van der Waals surface area contributed by atoms with Gasteiger partial charge in [0, 0.05) is 6.42 Å². The molecule has 0 aliphatic heterocycles. The number of methoxy groups -OCH3 is 1. The summed E-state index contributed by atoms with van der Waals surface area (Å²) >= 11 is 0. The van der Waals surface area contributed by atoms with Crippen molar-refractivity contribution >= 4 is 6.16 Å². The Labute approximate surface area is 174 Å². The van der Waals surface area contributed by atoms with E-state index in [0.29, 0.717) is 13.0 Å². The van der Waals surface area contributed by atoms with Gasteiger partial charge >= 0.3 is 6.16 Å². The van der Waals surface area contributed by atoms with E-state index in [1.54, 1.807) is 7.11 Å². The lowest BCUT2D eigenvalue weighted by atomic mass is 9.77. The molecule has 0 N–H and O–H groups in total. The fraction of sp³-hybridized carbons (Fsp3) is 0.560. The highest BCUT2D eigenvalue weighted by Crippen LogP contribution is 2.43. The van der Waals surface area contributed by atoms with Crippen molar-refractivity contribution in [1.29, 1.82) is 0 Å². The Balaban J connectivity index is 1.76. The molecular weight excluding hydrogens is 364 g/mol. The number of hydrogen-bond donors (Lipinski definition) is 0. The Morgan fingerprint density at radius 1 is 1.03 bits per heavy atom. The number of carbonyl (C=O) groups excluding carboxylic acids is 1. The first kappa shape index (κ1) is 21.5. The quantitative estimate of drug-likeness (QED) is 0.355. The molecule has 4 nitrogen and oxygen atoms in total. The van der Waals surface area contributed by atoms with Crippen molar-refractivity contribution in [3.63, 3.8) is 0 Å². The van der Waals surface area contributed by atoms with Gasteiger partial charge in [0.25, 0.3) is 0 Å². The lowest BCUT2D eigenvalue weighted by Crippen LogP contribution is -2.34. The normalized spacial score (nSPS) is 21.7. The van der Waals surface area contributed by atoms with Gasteiger partial charge in [0.2, 0.25) is 0 Å². The molecule has 0 fully saturated rings. The van der Waals surface area contributed by atoms with Gasteiger partial charge in [-0.05, 0) is 73.8 Å². The number of benzene rings is 1. The molecule has 3 rings (SSSR count). The van der Waals surface area contributed by atoms with Crippen LogP contribution in [0, 0.1) is 0 Å². The van der Waals surface area contributed by atoms with Crippen LogP contribution in [0.15, 0.2) is 47.6 Å². The van der Waals surface area contributed by atoms with Crippen molar-refractivity contribution in [3.05, 3.63) is 53.1 Å². The van der Waals surface area contributed by atoms with E-state index in [-0.39, 0.29) is 0 Å². The first-order valence-corrected chi connectivity index (χ1v) is 11.1. The highest BCUT2D eigenvalue weighted by atomic mass is 16.7. The molecule has 0 amide bonds. The molecule has 1 aromatic carbocycles. The zero-order valence-electron chi connectivity index (χ0n) is 17.9. The highest BCUT2D eigenvalue weighted by molar-refractivity contribution is 5.61. The summed E-state index contributed by atoms with van der Waals surface area (Å²) in [5.74, 6) is 0.797. The first-order chi connectivity index (χ1) is 14.2. The number of ether oxygens (including phenoxy) is 3. The van der Waals surface area contributed by atoms with Gasteiger partial charge in [-0.25, -0.2) is 4.79 Å². The number of allylic oxidation sites excluding steroid dienone is 3. The third kappa shape index (κ3) is 5.65. The standard InChI is InChI=1S/C25H34O4/c1-3-4-8-19-28-24(26)29-25(22-11-13-23(27-2)14-12-22)17-15-21(16-18-25)20-9-6-5-7-10-20/h9,11-15H,3-8,10,16-19H2,1-2H3. The number of hydrogen-bond acceptors (Lipinski definition) is 4. The average Bonchev–Trinajstić information content (AvgIpc) is 2.78. The predicted molar refractivity (Wildman–Crippen MR) is 115 cm³/mol. The molecule has 0 spiro atoms. The summed E-state index contributed by atoms with van der Waals surface area (Å²) in [6.45, 7) is 2.55. The van der Waals surface area contributed by atoms with Crippen LogP contribution in [0.5, 0.6) is 5.75 Å². The van der Waals surface area contributed by atoms with E-state index in [1.807, 2.05) is 24.3 Å². The Bertz CT molecular complexity index is 732. The Kier molecular flexibility index (Phi) is 7.79. The second-order valence-electron chi connectivity index (χ2n) is 8.04. The Morgan fingerprint density at radius 2 is 1.83 bits per heavy atom. The van der Waals surface area contributed by atoms with Crippen LogP contribution >= 0.6 is 0 Å². The number of rotatable bonds is 8. The molecule has 0 saturated heterocycles. The van der Waals surface area contributed by atoms with Crippen molar-refractivity contribution in [3.8, 4) is 5.75 Å². The minimum Gasteiger partial charge on any atom is -0.497 e. The molecule has 2 aliphatic rings. The van der Waals surface area contributed by atoms with E-state index in [9.17, 15) is 4.79 Å². The summed E-state index contributed by atoms with van der Waals surface area (Å²) in [6, 6.07) is 7.86. The first-order valence-electron chi connectivity index (χ1n) is 11.1. The van der Waals surface area contributed by atoms with Crippen LogP contribution in [0.1, 0.15) is 76.7 Å². The Morgan fingerprint density at radius 3 is 2.45 bits per heavy atom. The van der Waals surface area contributed by atoms with E-state index in [4.69, 9.17) is 14.2 Å². The fourth-order valence-corrected chi connectivity index (χ4v) is 4.26. The third-order valence-electron chi connectivity index (χ3n) is 6.04. The monoisotopic (exact) mass is 398 g/mol. The van der Waals surface area contributed by atoms with E-state index >= 15 is 0 Å². The molecule has 0 heterocycles. The molecule has 1 unspecified atom stereocenters. The number of unbranched alkanes of at least 4 members (excludes halogenated alkanes) is 2. The topological polar surface area (TPSA) is 44.8 Å². The number of carbonyl (C=O) groups is 1. The second kappa shape index (κ2) is 10.5. The molecule has 0 aromatic heterocycles. The molecular formula is C25H34O4. The molecule has 158 valence electrons. The van der Waals surface area contributed by atoms with Crippen LogP contribution in [0.4, 0.5) is 4.79 Å². The van der Waals surface area contributed by atoms with Crippen molar-refractivity contribution < 1.29 is 19.0 Å². The van der Waals surface area contributed by atoms with Gasteiger partial charge in [-0.1, -0.05) is 44.1 Å². The summed E-state index contributed by atoms with van der Waals surface area (Å²) in [7, 11) is 1.66. The average molecular weight is 399 g/mol. The third-order valence-corrected chi connectivity index (χ3v) is 6.04. The van der Waals surface area contributed by atoms with Gasteiger partial charge < -0.3 is 14.2 Å². The SMILES string of the molecule is CCCCCOC(=O)OC1(c2ccc(OC)cc2)CC=C(C2=CCCCC2)CC1. The molecule has 0 radical (unpaired) electrons. The van der Waals surface area contributed by atoms with Crippen LogP contribution in [-0.2, 0) is 15.1 Å². The maximum absolute atomic E-state index is 12.5. The maximum atomic E-state index is 12.5. The molecule has 29 heavy (non-hydrogen) atoms. The molecule has 0 bridgehead atoms. The zero-order valence-corrected chi connectivity index (χ0v) is 17.9. The van der Waals surface area contributed by atoms with Crippen molar-refractivity contribution in [2.45, 2.75) is 76.7 Å². The summed E-state index contributed by atoms with van der Waals surface area (Å²) < 4.78 is 16.6. The zero-order chi connectivity index (χ0) is 20.5. The molecule has 0 saturated carbocycles. The minimum atomic E-state index is -0.674. The van der Waals surface area contributed by atoms with Crippen LogP contribution in [0.25, 0.3) is 0 Å². The van der Waals surface area contributed by atoms with Gasteiger partial charge in [-0.15, -0.1) is 0 Å². The maximum Gasteiger partial charge on any atom is 0.509 e. The van der Waals surface area contributed by atoms with Crippen molar-refractivity contribution in [1.82, 2.24) is 0 Å². The van der Waals surface area contributed by atoms with Crippen molar-refractivity contribution in [2.24, 2.45) is 0 Å². The fourth-order valence-electron chi connectivity index (χ4n) is 4.26. The van der Waals surface area contributed by atoms with Gasteiger partial charge in [0.15, 0.2) is 0 Å². The lowest BCUT2D eigenvalue weighted by molar-refractivity contribution is -0.0454. The molecule has 1 atom stereocenters. The highest BCUT2D eigenvalue weighted by Gasteiger charge is 2.39. The van der Waals surface area contributed by atoms with Crippen LogP contribution in [0.2, 0.25) is 0 Å². The van der Waals surface area contributed by atoms with Crippen LogP contribution < -0.4 is 4.74 Å². The van der Waals surface area contributed by atoms with E-state index < -0.39 is 11.8 Å². The molecule has 2 aliphatic carbocycles. The van der Waals surface area contributed by atoms with E-state index in [1.165, 1.54) is 36.8 Å².